The monoisotopic (exact) mass is 565 g/mol. The van der Waals surface area contributed by atoms with E-state index in [4.69, 9.17) is 0 Å². The SMILES string of the molecule is Cc1ccccc1[C@@H]([SH]1C[C@H](O)[C@H](n2cc(-c3cc(F)c(F)c(F)c3)nn2)[C@@H](O)[C@H]1CO)C1(O)C[C@@H](C)[C@H]1C. The van der Waals surface area contributed by atoms with Gasteiger partial charge < -0.3 is 20.4 Å². The van der Waals surface area contributed by atoms with E-state index < -0.39 is 57.4 Å². The first-order valence-electron chi connectivity index (χ1n) is 13.0. The summed E-state index contributed by atoms with van der Waals surface area (Å²) in [4.78, 5) is 0. The maximum absolute atomic E-state index is 13.8. The van der Waals surface area contributed by atoms with Crippen LogP contribution in [0.25, 0.3) is 11.3 Å². The molecule has 2 heterocycles. The fraction of sp³-hybridized carbons (Fsp3) is 0.500. The molecule has 2 aromatic carbocycles. The van der Waals surface area contributed by atoms with Gasteiger partial charge in [-0.2, -0.15) is 0 Å². The summed E-state index contributed by atoms with van der Waals surface area (Å²) in [5.74, 6) is -3.81. The van der Waals surface area contributed by atoms with Crippen molar-refractivity contribution < 1.29 is 33.6 Å². The van der Waals surface area contributed by atoms with Gasteiger partial charge in [0.25, 0.3) is 0 Å². The minimum atomic E-state index is -1.59. The molecule has 7 nitrogen and oxygen atoms in total. The van der Waals surface area contributed by atoms with Crippen molar-refractivity contribution in [3.8, 4) is 11.3 Å². The summed E-state index contributed by atoms with van der Waals surface area (Å²) in [5, 5.41) is 52.2. The zero-order chi connectivity index (χ0) is 28.2. The zero-order valence-electron chi connectivity index (χ0n) is 21.9. The average Bonchev–Trinajstić information content (AvgIpc) is 3.38. The number of aryl methyl sites for hydroxylation is 1. The number of halogens is 3. The lowest BCUT2D eigenvalue weighted by atomic mass is 9.60. The predicted molar refractivity (Wildman–Crippen MR) is 143 cm³/mol. The zero-order valence-corrected chi connectivity index (χ0v) is 22.8. The first kappa shape index (κ1) is 28.1. The van der Waals surface area contributed by atoms with Crippen molar-refractivity contribution in [2.45, 2.75) is 61.5 Å². The third kappa shape index (κ3) is 4.67. The number of thiol groups is 1. The molecule has 39 heavy (non-hydrogen) atoms. The minimum Gasteiger partial charge on any atom is -0.395 e. The molecular formula is C28H34F3N3O4S. The van der Waals surface area contributed by atoms with Gasteiger partial charge in [0.2, 0.25) is 0 Å². The molecule has 1 aliphatic carbocycles. The minimum absolute atomic E-state index is 0.00895. The summed E-state index contributed by atoms with van der Waals surface area (Å²) in [6.45, 7) is 5.71. The van der Waals surface area contributed by atoms with E-state index >= 15 is 0 Å². The highest BCUT2D eigenvalue weighted by Crippen LogP contribution is 2.64. The Hall–Kier alpha value is -2.44. The molecule has 1 saturated heterocycles. The van der Waals surface area contributed by atoms with E-state index in [9.17, 15) is 33.6 Å². The molecule has 1 aromatic heterocycles. The second kappa shape index (κ2) is 10.5. The lowest BCUT2D eigenvalue weighted by molar-refractivity contribution is -0.127. The van der Waals surface area contributed by atoms with Crippen molar-refractivity contribution in [2.24, 2.45) is 11.8 Å². The van der Waals surface area contributed by atoms with Gasteiger partial charge in [0.15, 0.2) is 17.5 Å². The molecule has 2 aliphatic rings. The summed E-state index contributed by atoms with van der Waals surface area (Å²) in [6.07, 6.45) is -0.443. The second-order valence-corrected chi connectivity index (χ2v) is 13.6. The molecule has 212 valence electrons. The third-order valence-corrected chi connectivity index (χ3v) is 12.3. The molecule has 0 spiro atoms. The Labute approximate surface area is 227 Å². The number of benzene rings is 2. The van der Waals surface area contributed by atoms with Crippen LogP contribution in [0.5, 0.6) is 0 Å². The van der Waals surface area contributed by atoms with Crippen molar-refractivity contribution in [1.82, 2.24) is 15.0 Å². The van der Waals surface area contributed by atoms with Crippen LogP contribution < -0.4 is 0 Å². The summed E-state index contributed by atoms with van der Waals surface area (Å²) in [6, 6.07) is 8.37. The van der Waals surface area contributed by atoms with E-state index in [0.29, 0.717) is 12.3 Å². The van der Waals surface area contributed by atoms with E-state index in [1.807, 2.05) is 38.1 Å². The van der Waals surface area contributed by atoms with Crippen LogP contribution in [0, 0.1) is 36.2 Å². The highest BCUT2D eigenvalue weighted by Gasteiger charge is 2.58. The molecule has 1 saturated carbocycles. The second-order valence-electron chi connectivity index (χ2n) is 11.1. The Kier molecular flexibility index (Phi) is 7.58. The predicted octanol–water partition coefficient (Wildman–Crippen LogP) is 3.46. The van der Waals surface area contributed by atoms with Gasteiger partial charge >= 0.3 is 0 Å². The Balaban J connectivity index is 1.49. The van der Waals surface area contributed by atoms with Crippen LogP contribution in [0.4, 0.5) is 13.2 Å². The number of hydrogen-bond donors (Lipinski definition) is 5. The maximum Gasteiger partial charge on any atom is 0.194 e. The Morgan fingerprint density at radius 1 is 1.13 bits per heavy atom. The quantitative estimate of drug-likeness (QED) is 0.231. The summed E-state index contributed by atoms with van der Waals surface area (Å²) in [5.41, 5.74) is 0.879. The van der Waals surface area contributed by atoms with E-state index in [-0.39, 0.29) is 34.8 Å². The largest absolute Gasteiger partial charge is 0.395 e. The molecule has 0 bridgehead atoms. The lowest BCUT2D eigenvalue weighted by Crippen LogP contribution is -2.59. The van der Waals surface area contributed by atoms with Crippen LogP contribution in [0.2, 0.25) is 0 Å². The Morgan fingerprint density at radius 3 is 2.38 bits per heavy atom. The van der Waals surface area contributed by atoms with Gasteiger partial charge in [0.05, 0.1) is 30.6 Å². The molecule has 3 aromatic rings. The van der Waals surface area contributed by atoms with Crippen molar-refractivity contribution in [2.75, 3.05) is 12.4 Å². The van der Waals surface area contributed by atoms with Crippen molar-refractivity contribution in [3.05, 3.63) is 71.2 Å². The third-order valence-electron chi connectivity index (χ3n) is 8.82. The number of aliphatic hydroxyl groups is 4. The Morgan fingerprint density at radius 2 is 1.79 bits per heavy atom. The molecular weight excluding hydrogens is 531 g/mol. The van der Waals surface area contributed by atoms with Crippen molar-refractivity contribution in [1.29, 1.82) is 0 Å². The fourth-order valence-corrected chi connectivity index (χ4v) is 10.3. The standard InChI is InChI=1S/C28H34F3N3O4S/c1-14-6-4-5-7-18(14)27(28(38)10-15(2)16(28)3)39-13-22(36)25(26(37)23(39)12-35)34-11-21(32-33-34)17-8-19(29)24(31)20(30)9-17/h4-9,11,15-16,22-23,25-27,35-39H,10,12-13H2,1-3H3/t15-,16-,22+,23-,25+,26+,27-,28?/m1/s1. The first-order valence-corrected chi connectivity index (χ1v) is 14.7. The summed E-state index contributed by atoms with van der Waals surface area (Å²) in [7, 11) is -1.33. The highest BCUT2D eigenvalue weighted by atomic mass is 32.2. The molecule has 2 unspecified atom stereocenters. The lowest BCUT2D eigenvalue weighted by Gasteiger charge is -2.59. The van der Waals surface area contributed by atoms with E-state index in [1.165, 1.54) is 10.9 Å². The molecule has 5 rings (SSSR count). The van der Waals surface area contributed by atoms with Gasteiger partial charge in [-0.3, -0.25) is 0 Å². The van der Waals surface area contributed by atoms with Gasteiger partial charge in [-0.1, -0.05) is 43.3 Å². The summed E-state index contributed by atoms with van der Waals surface area (Å²) < 4.78 is 42.2. The molecule has 11 heteroatoms. The maximum atomic E-state index is 13.8. The summed E-state index contributed by atoms with van der Waals surface area (Å²) >= 11 is 0. The molecule has 0 amide bonds. The molecule has 0 radical (unpaired) electrons. The number of aromatic nitrogens is 3. The molecule has 1 aliphatic heterocycles. The number of nitrogens with zero attached hydrogens (tertiary/aromatic N) is 3. The number of aliphatic hydroxyl groups excluding tert-OH is 3. The van der Waals surface area contributed by atoms with Gasteiger partial charge in [-0.05, 0) is 48.4 Å². The normalized spacial score (nSPS) is 34.5. The van der Waals surface area contributed by atoms with Crippen molar-refractivity contribution >= 4 is 10.9 Å². The van der Waals surface area contributed by atoms with E-state index in [2.05, 4.69) is 17.2 Å². The molecule has 2 fully saturated rings. The first-order chi connectivity index (χ1) is 18.5. The van der Waals surface area contributed by atoms with E-state index in [1.54, 1.807) is 0 Å². The van der Waals surface area contributed by atoms with Crippen LogP contribution in [-0.4, -0.2) is 70.8 Å². The van der Waals surface area contributed by atoms with Crippen molar-refractivity contribution in [3.63, 3.8) is 0 Å². The van der Waals surface area contributed by atoms with Crippen LogP contribution in [0.15, 0.2) is 42.6 Å². The van der Waals surface area contributed by atoms with Crippen LogP contribution in [0.3, 0.4) is 0 Å². The van der Waals surface area contributed by atoms with Crippen LogP contribution in [-0.2, 0) is 0 Å². The van der Waals surface area contributed by atoms with Gasteiger partial charge in [0.1, 0.15) is 11.7 Å². The number of hydrogen-bond acceptors (Lipinski definition) is 6. The van der Waals surface area contributed by atoms with Gasteiger partial charge in [0, 0.05) is 21.8 Å². The van der Waals surface area contributed by atoms with Crippen LogP contribution >= 0.6 is 10.9 Å². The van der Waals surface area contributed by atoms with E-state index in [0.717, 1.165) is 23.3 Å². The molecule has 4 N–H and O–H groups in total. The molecule has 9 atom stereocenters. The fourth-order valence-electron chi connectivity index (χ4n) is 6.41. The van der Waals surface area contributed by atoms with Gasteiger partial charge in [-0.25, -0.2) is 28.7 Å². The highest BCUT2D eigenvalue weighted by molar-refractivity contribution is 8.18. The Bertz CT molecular complexity index is 1340. The van der Waals surface area contributed by atoms with Crippen LogP contribution in [0.1, 0.15) is 42.7 Å². The smallest absolute Gasteiger partial charge is 0.194 e. The average molecular weight is 566 g/mol. The number of rotatable bonds is 6. The van der Waals surface area contributed by atoms with Gasteiger partial charge in [-0.15, -0.1) is 5.10 Å². The topological polar surface area (TPSA) is 112 Å².